The van der Waals surface area contributed by atoms with E-state index in [-0.39, 0.29) is 23.8 Å². The number of rotatable bonds is 9. The number of fused-ring (bicyclic) bond motifs is 1. The molecule has 1 aromatic carbocycles. The number of aryl methyl sites for hydroxylation is 2. The summed E-state index contributed by atoms with van der Waals surface area (Å²) in [5.74, 6) is 0.166. The third-order valence-electron chi connectivity index (χ3n) is 8.23. The Morgan fingerprint density at radius 3 is 2.55 bits per heavy atom. The summed E-state index contributed by atoms with van der Waals surface area (Å²) in [4.78, 5) is 39.4. The molecule has 3 heterocycles. The standard InChI is InChI=1S/C30H37N5O2S/c1-20(8-12-31-29(36)28-21(2)32-19-33-22(28)3)34-13-9-25(10-14-34)35(17-23-11-15-38-18-23)30(37)27-16-24-6-4-5-7-26(24)27/h4-7,11,15,18-20,25,27H,8-10,12-14,16-17H2,1-3H3,(H,31,36). The van der Waals surface area contributed by atoms with Gasteiger partial charge in [0.25, 0.3) is 5.91 Å². The van der Waals surface area contributed by atoms with Crippen LogP contribution >= 0.6 is 11.3 Å². The summed E-state index contributed by atoms with van der Waals surface area (Å²) in [6.07, 6.45) is 5.16. The van der Waals surface area contributed by atoms with E-state index in [0.717, 1.165) is 38.8 Å². The molecule has 1 saturated heterocycles. The number of hydrogen-bond acceptors (Lipinski definition) is 6. The van der Waals surface area contributed by atoms with Crippen molar-refractivity contribution in [1.82, 2.24) is 25.1 Å². The van der Waals surface area contributed by atoms with Gasteiger partial charge in [-0.2, -0.15) is 11.3 Å². The second kappa shape index (κ2) is 11.7. The monoisotopic (exact) mass is 531 g/mol. The predicted octanol–water partition coefficient (Wildman–Crippen LogP) is 4.50. The van der Waals surface area contributed by atoms with Crippen molar-refractivity contribution in [3.05, 3.63) is 81.1 Å². The SMILES string of the molecule is Cc1ncnc(C)c1C(=O)NCCC(C)N1CCC(N(Cc2ccsc2)C(=O)C2Cc3ccccc32)CC1. The van der Waals surface area contributed by atoms with Crippen LogP contribution in [0.3, 0.4) is 0 Å². The van der Waals surface area contributed by atoms with Crippen LogP contribution in [0.2, 0.25) is 0 Å². The second-order valence-corrected chi connectivity index (χ2v) is 11.4. The zero-order valence-corrected chi connectivity index (χ0v) is 23.3. The minimum absolute atomic E-state index is 0.00677. The van der Waals surface area contributed by atoms with Crippen LogP contribution in [0.25, 0.3) is 0 Å². The molecule has 200 valence electrons. The molecule has 2 atom stereocenters. The average molecular weight is 532 g/mol. The molecule has 1 aliphatic heterocycles. The summed E-state index contributed by atoms with van der Waals surface area (Å²) < 4.78 is 0. The van der Waals surface area contributed by atoms with E-state index in [2.05, 4.69) is 67.0 Å². The van der Waals surface area contributed by atoms with E-state index in [9.17, 15) is 9.59 Å². The van der Waals surface area contributed by atoms with Crippen molar-refractivity contribution in [3.63, 3.8) is 0 Å². The van der Waals surface area contributed by atoms with Crippen LogP contribution in [0.1, 0.15) is 70.5 Å². The number of likely N-dealkylation sites (tertiary alicyclic amines) is 1. The van der Waals surface area contributed by atoms with Crippen LogP contribution in [0.4, 0.5) is 0 Å². The van der Waals surface area contributed by atoms with E-state index in [1.807, 2.05) is 19.9 Å². The normalized spacial score (nSPS) is 18.3. The Labute approximate surface area is 229 Å². The highest BCUT2D eigenvalue weighted by molar-refractivity contribution is 7.07. The fraction of sp³-hybridized carbons (Fsp3) is 0.467. The van der Waals surface area contributed by atoms with Gasteiger partial charge in [0.05, 0.1) is 22.9 Å². The Bertz CT molecular complexity index is 1250. The maximum absolute atomic E-state index is 13.8. The number of amides is 2. The molecule has 0 saturated carbocycles. The number of nitrogens with one attached hydrogen (secondary N) is 1. The van der Waals surface area contributed by atoms with Gasteiger partial charge < -0.3 is 15.1 Å². The van der Waals surface area contributed by atoms with Crippen LogP contribution in [-0.4, -0.2) is 63.3 Å². The van der Waals surface area contributed by atoms with Gasteiger partial charge in [-0.15, -0.1) is 0 Å². The first kappa shape index (κ1) is 26.5. The van der Waals surface area contributed by atoms with Crippen LogP contribution in [0.15, 0.2) is 47.4 Å². The summed E-state index contributed by atoms with van der Waals surface area (Å²) in [7, 11) is 0. The number of benzene rings is 1. The molecule has 1 N–H and O–H groups in total. The molecule has 0 bridgehead atoms. The summed E-state index contributed by atoms with van der Waals surface area (Å²) in [6.45, 7) is 9.12. The van der Waals surface area contributed by atoms with E-state index in [1.54, 1.807) is 11.3 Å². The molecule has 2 aliphatic rings. The largest absolute Gasteiger partial charge is 0.352 e. The van der Waals surface area contributed by atoms with Crippen LogP contribution in [0.5, 0.6) is 0 Å². The van der Waals surface area contributed by atoms with Crippen molar-refractivity contribution in [2.75, 3.05) is 19.6 Å². The van der Waals surface area contributed by atoms with Gasteiger partial charge in [0, 0.05) is 38.3 Å². The van der Waals surface area contributed by atoms with Gasteiger partial charge in [0.2, 0.25) is 5.91 Å². The van der Waals surface area contributed by atoms with Gasteiger partial charge in [0.15, 0.2) is 0 Å². The first-order valence-electron chi connectivity index (χ1n) is 13.6. The zero-order chi connectivity index (χ0) is 26.6. The third-order valence-corrected chi connectivity index (χ3v) is 8.97. The molecule has 2 amide bonds. The van der Waals surface area contributed by atoms with Crippen molar-refractivity contribution < 1.29 is 9.59 Å². The molecule has 1 fully saturated rings. The average Bonchev–Trinajstić information content (AvgIpc) is 3.41. The Kier molecular flexibility index (Phi) is 8.19. The highest BCUT2D eigenvalue weighted by Gasteiger charge is 2.38. The van der Waals surface area contributed by atoms with Crippen molar-refractivity contribution >= 4 is 23.2 Å². The Hall–Kier alpha value is -3.10. The highest BCUT2D eigenvalue weighted by atomic mass is 32.1. The van der Waals surface area contributed by atoms with Crippen LogP contribution in [-0.2, 0) is 17.8 Å². The number of hydrogen-bond donors (Lipinski definition) is 1. The number of carbonyl (C=O) groups is 2. The maximum atomic E-state index is 13.8. The van der Waals surface area contributed by atoms with Gasteiger partial charge in [-0.1, -0.05) is 24.3 Å². The van der Waals surface area contributed by atoms with Crippen molar-refractivity contribution in [3.8, 4) is 0 Å². The lowest BCUT2D eigenvalue weighted by molar-refractivity contribution is -0.137. The molecule has 2 aromatic heterocycles. The molecule has 0 radical (unpaired) electrons. The quantitative estimate of drug-likeness (QED) is 0.440. The lowest BCUT2D eigenvalue weighted by Gasteiger charge is -2.43. The number of thiophene rings is 1. The first-order valence-corrected chi connectivity index (χ1v) is 14.6. The topological polar surface area (TPSA) is 78.4 Å². The van der Waals surface area contributed by atoms with Crippen molar-refractivity contribution in [1.29, 1.82) is 0 Å². The lowest BCUT2D eigenvalue weighted by atomic mass is 9.76. The number of carbonyl (C=O) groups excluding carboxylic acids is 2. The molecule has 7 nitrogen and oxygen atoms in total. The number of nitrogens with zero attached hydrogens (tertiary/aromatic N) is 4. The van der Waals surface area contributed by atoms with E-state index >= 15 is 0 Å². The lowest BCUT2D eigenvalue weighted by Crippen LogP contribution is -2.51. The molecular formula is C30H37N5O2S. The molecule has 3 aromatic rings. The van der Waals surface area contributed by atoms with Crippen LogP contribution in [0, 0.1) is 13.8 Å². The number of aromatic nitrogens is 2. The highest BCUT2D eigenvalue weighted by Crippen LogP contribution is 2.37. The summed E-state index contributed by atoms with van der Waals surface area (Å²) >= 11 is 1.69. The Morgan fingerprint density at radius 2 is 1.87 bits per heavy atom. The first-order chi connectivity index (χ1) is 18.4. The van der Waals surface area contributed by atoms with Gasteiger partial charge in [-0.05, 0) is 80.0 Å². The van der Waals surface area contributed by atoms with Crippen molar-refractivity contribution in [2.45, 2.75) is 71.0 Å². The fourth-order valence-corrected chi connectivity index (χ4v) is 6.53. The van der Waals surface area contributed by atoms with E-state index in [1.165, 1.54) is 23.0 Å². The molecule has 0 spiro atoms. The molecule has 2 unspecified atom stereocenters. The van der Waals surface area contributed by atoms with Gasteiger partial charge >= 0.3 is 0 Å². The molecule has 38 heavy (non-hydrogen) atoms. The van der Waals surface area contributed by atoms with Gasteiger partial charge in [0.1, 0.15) is 6.33 Å². The summed E-state index contributed by atoms with van der Waals surface area (Å²) in [6, 6.07) is 11.1. The number of piperidine rings is 1. The van der Waals surface area contributed by atoms with E-state index in [4.69, 9.17) is 0 Å². The zero-order valence-electron chi connectivity index (χ0n) is 22.5. The minimum Gasteiger partial charge on any atom is -0.352 e. The summed E-state index contributed by atoms with van der Waals surface area (Å²) in [5.41, 5.74) is 5.71. The fourth-order valence-electron chi connectivity index (χ4n) is 5.87. The summed E-state index contributed by atoms with van der Waals surface area (Å²) in [5, 5.41) is 7.30. The minimum atomic E-state index is -0.105. The molecular weight excluding hydrogens is 494 g/mol. The molecule has 1 aliphatic carbocycles. The maximum Gasteiger partial charge on any atom is 0.254 e. The smallest absolute Gasteiger partial charge is 0.254 e. The Morgan fingerprint density at radius 1 is 1.13 bits per heavy atom. The predicted molar refractivity (Wildman–Crippen MR) is 150 cm³/mol. The van der Waals surface area contributed by atoms with Crippen molar-refractivity contribution in [2.24, 2.45) is 0 Å². The van der Waals surface area contributed by atoms with Crippen LogP contribution < -0.4 is 5.32 Å². The van der Waals surface area contributed by atoms with E-state index in [0.29, 0.717) is 36.1 Å². The van der Waals surface area contributed by atoms with Gasteiger partial charge in [-0.3, -0.25) is 9.59 Å². The third kappa shape index (κ3) is 5.66. The molecule has 8 heteroatoms. The van der Waals surface area contributed by atoms with E-state index < -0.39 is 0 Å². The second-order valence-electron chi connectivity index (χ2n) is 10.6. The van der Waals surface area contributed by atoms with Gasteiger partial charge in [-0.25, -0.2) is 9.97 Å². The molecule has 5 rings (SSSR count). The Balaban J connectivity index is 1.15.